The molecule has 0 aromatic rings. The van der Waals surface area contributed by atoms with Crippen molar-refractivity contribution in [1.82, 2.24) is 0 Å². The zero-order valence-electron chi connectivity index (χ0n) is 9.93. The van der Waals surface area contributed by atoms with E-state index in [1.165, 1.54) is 38.5 Å². The second kappa shape index (κ2) is 6.15. The van der Waals surface area contributed by atoms with Crippen LogP contribution in [0.2, 0.25) is 0 Å². The van der Waals surface area contributed by atoms with E-state index in [1.807, 2.05) is 0 Å². The van der Waals surface area contributed by atoms with Gasteiger partial charge in [-0.15, -0.1) is 0 Å². The highest BCUT2D eigenvalue weighted by molar-refractivity contribution is 9.09. The van der Waals surface area contributed by atoms with Gasteiger partial charge in [0.1, 0.15) is 0 Å². The molecule has 0 aromatic carbocycles. The number of alkyl halides is 1. The van der Waals surface area contributed by atoms with Gasteiger partial charge in [0.25, 0.3) is 0 Å². The second-order valence-electron chi connectivity index (χ2n) is 5.33. The lowest BCUT2D eigenvalue weighted by Crippen LogP contribution is -2.25. The molecule has 1 aliphatic rings. The van der Waals surface area contributed by atoms with Crippen molar-refractivity contribution in [2.24, 2.45) is 17.8 Å². The Morgan fingerprint density at radius 1 is 1.29 bits per heavy atom. The molecule has 84 valence electrons. The first-order valence-electron chi connectivity index (χ1n) is 6.27. The van der Waals surface area contributed by atoms with E-state index in [1.54, 1.807) is 0 Å². The predicted octanol–water partition coefficient (Wildman–Crippen LogP) is 5.01. The lowest BCUT2D eigenvalue weighted by molar-refractivity contribution is 0.250. The molecule has 1 rings (SSSR count). The van der Waals surface area contributed by atoms with Gasteiger partial charge >= 0.3 is 0 Å². The number of rotatable bonds is 4. The highest BCUT2D eigenvalue weighted by Gasteiger charge is 2.27. The number of halogens is 1. The summed E-state index contributed by atoms with van der Waals surface area (Å²) < 4.78 is 0. The maximum absolute atomic E-state index is 3.86. The SMILES string of the molecule is CCC1CCC(Br)C(CCC(C)C)C1. The lowest BCUT2D eigenvalue weighted by atomic mass is 9.77. The largest absolute Gasteiger partial charge is 0.0888 e. The first kappa shape index (κ1) is 12.5. The summed E-state index contributed by atoms with van der Waals surface area (Å²) >= 11 is 3.86. The van der Waals surface area contributed by atoms with Crippen molar-refractivity contribution < 1.29 is 0 Å². The summed E-state index contributed by atoms with van der Waals surface area (Å²) in [5.41, 5.74) is 0. The third kappa shape index (κ3) is 3.92. The average molecular weight is 261 g/mol. The third-order valence-electron chi connectivity index (χ3n) is 3.69. The summed E-state index contributed by atoms with van der Waals surface area (Å²) in [5, 5.41) is 0. The second-order valence-corrected chi connectivity index (χ2v) is 6.51. The summed E-state index contributed by atoms with van der Waals surface area (Å²) in [7, 11) is 0. The van der Waals surface area contributed by atoms with E-state index in [0.29, 0.717) is 0 Å². The standard InChI is InChI=1S/C13H25Br/c1-4-11-6-8-13(14)12(9-11)7-5-10(2)3/h10-13H,4-9H2,1-3H3. The molecule has 1 aliphatic carbocycles. The number of hydrogen-bond donors (Lipinski definition) is 0. The van der Waals surface area contributed by atoms with E-state index in [4.69, 9.17) is 0 Å². The van der Waals surface area contributed by atoms with Gasteiger partial charge in [-0.05, 0) is 43.4 Å². The maximum Gasteiger partial charge on any atom is 0.0174 e. The molecule has 0 aliphatic heterocycles. The monoisotopic (exact) mass is 260 g/mol. The van der Waals surface area contributed by atoms with Crippen LogP contribution in [0.1, 0.15) is 59.3 Å². The molecule has 1 saturated carbocycles. The van der Waals surface area contributed by atoms with Crippen LogP contribution in [0, 0.1) is 17.8 Å². The van der Waals surface area contributed by atoms with Crippen molar-refractivity contribution in [3.63, 3.8) is 0 Å². The van der Waals surface area contributed by atoms with Gasteiger partial charge in [-0.1, -0.05) is 49.5 Å². The first-order valence-corrected chi connectivity index (χ1v) is 7.19. The summed E-state index contributed by atoms with van der Waals surface area (Å²) in [6.07, 6.45) is 8.55. The van der Waals surface area contributed by atoms with Gasteiger partial charge in [0.2, 0.25) is 0 Å². The summed E-state index contributed by atoms with van der Waals surface area (Å²) in [6, 6.07) is 0. The van der Waals surface area contributed by atoms with E-state index in [-0.39, 0.29) is 0 Å². The molecule has 3 atom stereocenters. The molecule has 1 heteroatoms. The minimum absolute atomic E-state index is 0.809. The van der Waals surface area contributed by atoms with Crippen molar-refractivity contribution >= 4 is 15.9 Å². The predicted molar refractivity (Wildman–Crippen MR) is 67.9 cm³/mol. The van der Waals surface area contributed by atoms with Crippen LogP contribution in [-0.4, -0.2) is 4.83 Å². The van der Waals surface area contributed by atoms with Crippen LogP contribution >= 0.6 is 15.9 Å². The van der Waals surface area contributed by atoms with E-state index in [2.05, 4.69) is 36.7 Å². The van der Waals surface area contributed by atoms with E-state index in [9.17, 15) is 0 Å². The lowest BCUT2D eigenvalue weighted by Gasteiger charge is -2.33. The fourth-order valence-electron chi connectivity index (χ4n) is 2.54. The molecular weight excluding hydrogens is 236 g/mol. The Kier molecular flexibility index (Phi) is 5.51. The van der Waals surface area contributed by atoms with E-state index in [0.717, 1.165) is 22.6 Å². The molecule has 0 aromatic heterocycles. The van der Waals surface area contributed by atoms with Gasteiger partial charge in [-0.3, -0.25) is 0 Å². The maximum atomic E-state index is 3.86. The molecule has 0 bridgehead atoms. The minimum atomic E-state index is 0.809. The molecule has 0 saturated heterocycles. The smallest absolute Gasteiger partial charge is 0.0174 e. The minimum Gasteiger partial charge on any atom is -0.0888 e. The zero-order valence-corrected chi connectivity index (χ0v) is 11.5. The van der Waals surface area contributed by atoms with Gasteiger partial charge in [0, 0.05) is 4.83 Å². The van der Waals surface area contributed by atoms with Crippen molar-refractivity contribution in [3.05, 3.63) is 0 Å². The molecule has 0 spiro atoms. The Labute approximate surface area is 98.0 Å². The van der Waals surface area contributed by atoms with E-state index >= 15 is 0 Å². The van der Waals surface area contributed by atoms with Crippen molar-refractivity contribution in [1.29, 1.82) is 0 Å². The molecule has 0 amide bonds. The highest BCUT2D eigenvalue weighted by Crippen LogP contribution is 2.38. The van der Waals surface area contributed by atoms with Gasteiger partial charge in [0.15, 0.2) is 0 Å². The van der Waals surface area contributed by atoms with Crippen molar-refractivity contribution in [2.45, 2.75) is 64.1 Å². The van der Waals surface area contributed by atoms with Crippen LogP contribution in [-0.2, 0) is 0 Å². The van der Waals surface area contributed by atoms with Gasteiger partial charge in [-0.2, -0.15) is 0 Å². The molecular formula is C13H25Br. The van der Waals surface area contributed by atoms with Crippen LogP contribution in [0.5, 0.6) is 0 Å². The Hall–Kier alpha value is 0.480. The summed E-state index contributed by atoms with van der Waals surface area (Å²) in [5.74, 6) is 2.84. The highest BCUT2D eigenvalue weighted by atomic mass is 79.9. The molecule has 14 heavy (non-hydrogen) atoms. The third-order valence-corrected chi connectivity index (χ3v) is 4.90. The Bertz CT molecular complexity index is 153. The topological polar surface area (TPSA) is 0 Å². The Balaban J connectivity index is 2.32. The first-order chi connectivity index (χ1) is 6.63. The zero-order chi connectivity index (χ0) is 10.6. The quantitative estimate of drug-likeness (QED) is 0.624. The summed E-state index contributed by atoms with van der Waals surface area (Å²) in [4.78, 5) is 0.809. The van der Waals surface area contributed by atoms with Crippen LogP contribution in [0.3, 0.4) is 0 Å². The fourth-order valence-corrected chi connectivity index (χ4v) is 3.29. The molecule has 0 N–H and O–H groups in total. The van der Waals surface area contributed by atoms with Crippen molar-refractivity contribution in [2.75, 3.05) is 0 Å². The average Bonchev–Trinajstić information content (AvgIpc) is 2.16. The molecule has 0 heterocycles. The van der Waals surface area contributed by atoms with Gasteiger partial charge in [0.05, 0.1) is 0 Å². The van der Waals surface area contributed by atoms with Crippen LogP contribution < -0.4 is 0 Å². The number of hydrogen-bond acceptors (Lipinski definition) is 0. The normalized spacial score (nSPS) is 33.6. The van der Waals surface area contributed by atoms with Crippen LogP contribution in [0.4, 0.5) is 0 Å². The van der Waals surface area contributed by atoms with Crippen LogP contribution in [0.15, 0.2) is 0 Å². The van der Waals surface area contributed by atoms with Crippen molar-refractivity contribution in [3.8, 4) is 0 Å². The Morgan fingerprint density at radius 3 is 2.57 bits per heavy atom. The molecule has 1 fully saturated rings. The van der Waals surface area contributed by atoms with Crippen LogP contribution in [0.25, 0.3) is 0 Å². The Morgan fingerprint density at radius 2 is 2.00 bits per heavy atom. The molecule has 0 nitrogen and oxygen atoms in total. The molecule has 0 radical (unpaired) electrons. The van der Waals surface area contributed by atoms with E-state index < -0.39 is 0 Å². The summed E-state index contributed by atoms with van der Waals surface area (Å²) in [6.45, 7) is 7.02. The van der Waals surface area contributed by atoms with Gasteiger partial charge in [-0.25, -0.2) is 0 Å². The molecule has 3 unspecified atom stereocenters. The fraction of sp³-hybridized carbons (Fsp3) is 1.00. The van der Waals surface area contributed by atoms with Gasteiger partial charge < -0.3 is 0 Å².